The summed E-state index contributed by atoms with van der Waals surface area (Å²) in [6.07, 6.45) is 10.9. The van der Waals surface area contributed by atoms with Gasteiger partial charge in [-0.15, -0.1) is 0 Å². The van der Waals surface area contributed by atoms with Gasteiger partial charge in [0.05, 0.1) is 0 Å². The third kappa shape index (κ3) is 8.99. The first kappa shape index (κ1) is 20.9. The van der Waals surface area contributed by atoms with Crippen molar-refractivity contribution in [3.63, 3.8) is 0 Å². The topological polar surface area (TPSA) is 61.1 Å². The number of alkyl halides is 3. The van der Waals surface area contributed by atoms with Crippen molar-refractivity contribution in [3.8, 4) is 0 Å². The summed E-state index contributed by atoms with van der Waals surface area (Å²) in [4.78, 5) is 0. The van der Waals surface area contributed by atoms with E-state index in [1.165, 1.54) is 37.8 Å². The second kappa shape index (κ2) is 9.78. The van der Waals surface area contributed by atoms with Crippen molar-refractivity contribution in [1.29, 1.82) is 0 Å². The van der Waals surface area contributed by atoms with Gasteiger partial charge in [-0.3, -0.25) is 0 Å². The minimum Gasteiger partial charge on any atom is -0.741 e. The summed E-state index contributed by atoms with van der Waals surface area (Å²) in [6, 6.07) is 4.44. The van der Waals surface area contributed by atoms with Gasteiger partial charge in [-0.2, -0.15) is 13.2 Å². The van der Waals surface area contributed by atoms with Crippen molar-refractivity contribution in [3.05, 3.63) is 30.1 Å². The molecule has 1 rings (SSSR count). The smallest absolute Gasteiger partial charge is 0.485 e. The summed E-state index contributed by atoms with van der Waals surface area (Å²) < 4.78 is 61.2. The van der Waals surface area contributed by atoms with E-state index in [1.807, 2.05) is 0 Å². The highest BCUT2D eigenvalue weighted by atomic mass is 32.2. The van der Waals surface area contributed by atoms with E-state index in [0.717, 1.165) is 6.42 Å². The fourth-order valence-electron chi connectivity index (χ4n) is 1.59. The quantitative estimate of drug-likeness (QED) is 0.346. The van der Waals surface area contributed by atoms with E-state index in [2.05, 4.69) is 42.9 Å². The number of pyridine rings is 1. The first-order valence-electron chi connectivity index (χ1n) is 7.12. The van der Waals surface area contributed by atoms with Crippen LogP contribution in [0.1, 0.15) is 45.1 Å². The van der Waals surface area contributed by atoms with Crippen LogP contribution in [0.2, 0.25) is 0 Å². The number of nitrogens with zero attached hydrogens (tertiary/aromatic N) is 1. The molecule has 128 valence electrons. The summed E-state index contributed by atoms with van der Waals surface area (Å²) in [5.41, 5.74) is -4.22. The summed E-state index contributed by atoms with van der Waals surface area (Å²) in [5, 5.41) is 0. The Balaban J connectivity index is 0.000000472. The lowest BCUT2D eigenvalue weighted by atomic mass is 10.2. The molecule has 0 N–H and O–H groups in total. The zero-order chi connectivity index (χ0) is 17.2. The molecule has 0 amide bonds. The van der Waals surface area contributed by atoms with Crippen molar-refractivity contribution in [2.75, 3.05) is 0 Å². The maximum atomic E-state index is 10.7. The van der Waals surface area contributed by atoms with Crippen LogP contribution >= 0.6 is 0 Å². The molecule has 4 nitrogen and oxygen atoms in total. The molecule has 0 bridgehead atoms. The zero-order valence-corrected chi connectivity index (χ0v) is 13.6. The molecular weight excluding hydrogens is 319 g/mol. The highest BCUT2D eigenvalue weighted by Gasteiger charge is 2.36. The molecule has 0 spiro atoms. The van der Waals surface area contributed by atoms with E-state index in [-0.39, 0.29) is 0 Å². The van der Waals surface area contributed by atoms with Gasteiger partial charge in [-0.1, -0.05) is 26.7 Å². The predicted octanol–water partition coefficient (Wildman–Crippen LogP) is 3.17. The minimum absolute atomic E-state index is 1.14. The van der Waals surface area contributed by atoms with E-state index < -0.39 is 15.6 Å². The Morgan fingerprint density at radius 2 is 1.59 bits per heavy atom. The van der Waals surface area contributed by atoms with Gasteiger partial charge in [0, 0.05) is 18.6 Å². The van der Waals surface area contributed by atoms with Crippen LogP contribution in [0.25, 0.3) is 0 Å². The lowest BCUT2D eigenvalue weighted by Gasteiger charge is -2.08. The molecule has 8 heteroatoms. The van der Waals surface area contributed by atoms with Crippen molar-refractivity contribution in [1.82, 2.24) is 0 Å². The number of hydrogen-bond acceptors (Lipinski definition) is 3. The average molecular weight is 341 g/mol. The van der Waals surface area contributed by atoms with E-state index in [0.29, 0.717) is 0 Å². The van der Waals surface area contributed by atoms with Crippen LogP contribution in [0.3, 0.4) is 0 Å². The molecule has 0 aliphatic carbocycles. The zero-order valence-electron chi connectivity index (χ0n) is 12.8. The Labute approximate surface area is 129 Å². The molecule has 0 fully saturated rings. The van der Waals surface area contributed by atoms with Gasteiger partial charge < -0.3 is 4.55 Å². The first-order chi connectivity index (χ1) is 10.1. The van der Waals surface area contributed by atoms with Gasteiger partial charge in [0.15, 0.2) is 22.5 Å². The van der Waals surface area contributed by atoms with E-state index in [4.69, 9.17) is 13.0 Å². The van der Waals surface area contributed by atoms with Crippen molar-refractivity contribution in [2.45, 2.75) is 58.0 Å². The first-order valence-corrected chi connectivity index (χ1v) is 8.52. The van der Waals surface area contributed by atoms with Crippen LogP contribution in [-0.4, -0.2) is 18.5 Å². The summed E-state index contributed by atoms with van der Waals surface area (Å²) >= 11 is 0. The highest BCUT2D eigenvalue weighted by Crippen LogP contribution is 2.20. The maximum absolute atomic E-state index is 10.7. The number of unbranched alkanes of at least 4 members (excludes halogenated alkanes) is 3. The number of aryl methyl sites for hydroxylation is 2. The molecule has 0 aliphatic rings. The van der Waals surface area contributed by atoms with Crippen LogP contribution in [0.15, 0.2) is 24.5 Å². The molecule has 0 unspecified atom stereocenters. The van der Waals surface area contributed by atoms with Crippen LogP contribution in [0.5, 0.6) is 0 Å². The standard InChI is InChI=1S/C13H22N.CHF3O3S/c1-3-5-6-7-10-14-11-8-13(4-2)9-12-14;2-1(3,4)8(5,6)7/h8-9,11-12H,3-7,10H2,1-2H3;(H,5,6,7)/q+1;/p-1. The second-order valence-electron chi connectivity index (χ2n) is 4.76. The summed E-state index contributed by atoms with van der Waals surface area (Å²) in [6.45, 7) is 5.62. The van der Waals surface area contributed by atoms with E-state index >= 15 is 0 Å². The second-order valence-corrected chi connectivity index (χ2v) is 6.13. The van der Waals surface area contributed by atoms with Crippen LogP contribution in [0.4, 0.5) is 13.2 Å². The largest absolute Gasteiger partial charge is 0.741 e. The Morgan fingerprint density at radius 1 is 1.09 bits per heavy atom. The number of hydrogen-bond donors (Lipinski definition) is 0. The monoisotopic (exact) mass is 341 g/mol. The Kier molecular flexibility index (Phi) is 9.27. The highest BCUT2D eigenvalue weighted by molar-refractivity contribution is 7.86. The lowest BCUT2D eigenvalue weighted by Crippen LogP contribution is -2.32. The molecule has 0 atom stereocenters. The van der Waals surface area contributed by atoms with Gasteiger partial charge >= 0.3 is 5.51 Å². The average Bonchev–Trinajstić information content (AvgIpc) is 2.43. The molecule has 0 saturated carbocycles. The fourth-order valence-corrected chi connectivity index (χ4v) is 1.59. The van der Waals surface area contributed by atoms with Gasteiger partial charge in [0.25, 0.3) is 0 Å². The molecule has 22 heavy (non-hydrogen) atoms. The van der Waals surface area contributed by atoms with Crippen LogP contribution in [0, 0.1) is 0 Å². The molecule has 1 aromatic heterocycles. The SMILES string of the molecule is CCCCCC[n+]1ccc(CC)cc1.O=S(=O)([O-])C(F)(F)F. The van der Waals surface area contributed by atoms with Crippen molar-refractivity contribution < 1.29 is 30.7 Å². The molecule has 0 radical (unpaired) electrons. The van der Waals surface area contributed by atoms with Crippen LogP contribution < -0.4 is 4.57 Å². The Bertz CT molecular complexity index is 513. The van der Waals surface area contributed by atoms with E-state index in [1.54, 1.807) is 0 Å². The predicted molar refractivity (Wildman–Crippen MR) is 75.9 cm³/mol. The molecule has 0 saturated heterocycles. The maximum Gasteiger partial charge on any atom is 0.485 e. The number of rotatable bonds is 6. The number of halogens is 3. The molecule has 0 aliphatic heterocycles. The van der Waals surface area contributed by atoms with Crippen molar-refractivity contribution >= 4 is 10.1 Å². The Hall–Kier alpha value is -1.15. The Morgan fingerprint density at radius 3 is 1.95 bits per heavy atom. The summed E-state index contributed by atoms with van der Waals surface area (Å²) in [7, 11) is -6.09. The van der Waals surface area contributed by atoms with E-state index in [9.17, 15) is 13.2 Å². The van der Waals surface area contributed by atoms with Gasteiger partial charge in [0.1, 0.15) is 6.54 Å². The lowest BCUT2D eigenvalue weighted by molar-refractivity contribution is -0.697. The van der Waals surface area contributed by atoms with Gasteiger partial charge in [-0.05, 0) is 18.4 Å². The number of aromatic nitrogens is 1. The van der Waals surface area contributed by atoms with Gasteiger partial charge in [-0.25, -0.2) is 13.0 Å². The molecule has 1 heterocycles. The minimum atomic E-state index is -6.09. The third-order valence-corrected chi connectivity index (χ3v) is 3.49. The van der Waals surface area contributed by atoms with Crippen LogP contribution in [-0.2, 0) is 23.1 Å². The van der Waals surface area contributed by atoms with Gasteiger partial charge in [0.2, 0.25) is 0 Å². The third-order valence-electron chi connectivity index (χ3n) is 2.92. The normalized spacial score (nSPS) is 11.7. The fraction of sp³-hybridized carbons (Fsp3) is 0.643. The molecular formula is C14H22F3NO3S. The molecule has 1 aromatic rings. The molecule has 0 aromatic carbocycles. The van der Waals surface area contributed by atoms with Crippen molar-refractivity contribution in [2.24, 2.45) is 0 Å². The summed E-state index contributed by atoms with van der Waals surface area (Å²) in [5.74, 6) is 0.